The molecule has 0 bridgehead atoms. The average Bonchev–Trinajstić information content (AvgIpc) is 2.48. The highest BCUT2D eigenvalue weighted by Crippen LogP contribution is 2.22. The fourth-order valence-corrected chi connectivity index (χ4v) is 2.67. The topological polar surface area (TPSA) is 117 Å². The lowest BCUT2D eigenvalue weighted by Crippen LogP contribution is -2.35. The Hall–Kier alpha value is -1.92. The van der Waals surface area contributed by atoms with E-state index in [1.807, 2.05) is 24.3 Å². The summed E-state index contributed by atoms with van der Waals surface area (Å²) in [7, 11) is 0. The van der Waals surface area contributed by atoms with Crippen molar-refractivity contribution < 1.29 is 9.53 Å². The zero-order valence-electron chi connectivity index (χ0n) is 12.9. The van der Waals surface area contributed by atoms with Gasteiger partial charge in [-0.2, -0.15) is 0 Å². The second-order valence-corrected chi connectivity index (χ2v) is 5.73. The third-order valence-electron chi connectivity index (χ3n) is 3.79. The maximum absolute atomic E-state index is 11.3. The number of carbonyl (C=O) groups excluding carboxylic acids is 1. The Balaban J connectivity index is 2.08. The van der Waals surface area contributed by atoms with Crippen LogP contribution < -0.4 is 21.9 Å². The van der Waals surface area contributed by atoms with Crippen molar-refractivity contribution in [3.8, 4) is 5.75 Å². The van der Waals surface area contributed by atoms with Gasteiger partial charge in [0.25, 0.3) is 5.91 Å². The van der Waals surface area contributed by atoms with Gasteiger partial charge in [0.15, 0.2) is 6.10 Å². The van der Waals surface area contributed by atoms with Gasteiger partial charge in [-0.3, -0.25) is 9.79 Å². The molecule has 3 unspecified atom stereocenters. The lowest BCUT2D eigenvalue weighted by molar-refractivity contribution is -0.124. The molecule has 1 amide bonds. The maximum atomic E-state index is 11.3. The highest BCUT2D eigenvalue weighted by atomic mass is 16.5. The molecule has 2 rings (SSSR count). The van der Waals surface area contributed by atoms with Crippen molar-refractivity contribution in [2.45, 2.75) is 31.9 Å². The van der Waals surface area contributed by atoms with Gasteiger partial charge in [0.05, 0.1) is 6.54 Å². The third kappa shape index (κ3) is 4.05. The number of primary amides is 1. The highest BCUT2D eigenvalue weighted by Gasteiger charge is 2.21. The van der Waals surface area contributed by atoms with Crippen molar-refractivity contribution in [1.29, 1.82) is 0 Å². The Kier molecular flexibility index (Phi) is 5.51. The molecule has 3 atom stereocenters. The van der Waals surface area contributed by atoms with Crippen LogP contribution in [0.2, 0.25) is 0 Å². The van der Waals surface area contributed by atoms with E-state index < -0.39 is 12.0 Å². The second-order valence-electron chi connectivity index (χ2n) is 5.73. The van der Waals surface area contributed by atoms with E-state index in [1.54, 1.807) is 0 Å². The molecule has 0 radical (unpaired) electrons. The van der Waals surface area contributed by atoms with Crippen molar-refractivity contribution in [3.05, 3.63) is 29.8 Å². The monoisotopic (exact) mass is 304 g/mol. The fourth-order valence-electron chi connectivity index (χ4n) is 2.67. The van der Waals surface area contributed by atoms with E-state index in [2.05, 4.69) is 11.9 Å². The minimum atomic E-state index is -0.695. The van der Waals surface area contributed by atoms with Crippen LogP contribution in [0.3, 0.4) is 0 Å². The van der Waals surface area contributed by atoms with Crippen molar-refractivity contribution >= 4 is 11.6 Å². The van der Waals surface area contributed by atoms with Gasteiger partial charge >= 0.3 is 0 Å². The molecule has 1 aromatic rings. The summed E-state index contributed by atoms with van der Waals surface area (Å²) in [5.74, 6) is 0.432. The maximum Gasteiger partial charge on any atom is 0.258 e. The van der Waals surface area contributed by atoms with Gasteiger partial charge in [-0.05, 0) is 42.8 Å². The first-order valence-corrected chi connectivity index (χ1v) is 7.57. The summed E-state index contributed by atoms with van der Waals surface area (Å²) in [5.41, 5.74) is 18.8. The molecular formula is C16H24N4O2. The standard InChI is InChI=1S/C16H24N4O2/c1-10-8-12(18)9-20-15(10)11-2-4-13(5-3-11)22-14(6-7-17)16(19)21/h2-5,10,12,14H,6-9,17-18H2,1H3,(H2,19,21). The molecule has 0 aromatic heterocycles. The molecule has 1 aromatic carbocycles. The van der Waals surface area contributed by atoms with Gasteiger partial charge in [-0.15, -0.1) is 0 Å². The molecule has 0 saturated carbocycles. The molecule has 0 spiro atoms. The molecular weight excluding hydrogens is 280 g/mol. The van der Waals surface area contributed by atoms with Gasteiger partial charge in [0.2, 0.25) is 0 Å². The van der Waals surface area contributed by atoms with Crippen LogP contribution in [0.5, 0.6) is 5.75 Å². The van der Waals surface area contributed by atoms with Gasteiger partial charge in [0.1, 0.15) is 5.75 Å². The lowest BCUT2D eigenvalue weighted by Gasteiger charge is -2.24. The van der Waals surface area contributed by atoms with Crippen LogP contribution in [-0.2, 0) is 4.79 Å². The molecule has 0 aliphatic carbocycles. The zero-order chi connectivity index (χ0) is 16.1. The van der Waals surface area contributed by atoms with Crippen molar-refractivity contribution in [3.63, 3.8) is 0 Å². The minimum absolute atomic E-state index is 0.147. The Bertz CT molecular complexity index is 542. The fraction of sp³-hybridized carbons (Fsp3) is 0.500. The van der Waals surface area contributed by atoms with Crippen molar-refractivity contribution in [1.82, 2.24) is 0 Å². The molecule has 6 nitrogen and oxygen atoms in total. The molecule has 1 heterocycles. The van der Waals surface area contributed by atoms with E-state index in [9.17, 15) is 4.79 Å². The van der Waals surface area contributed by atoms with Crippen LogP contribution in [0.25, 0.3) is 0 Å². The first kappa shape index (κ1) is 16.5. The van der Waals surface area contributed by atoms with Crippen LogP contribution in [0, 0.1) is 5.92 Å². The smallest absolute Gasteiger partial charge is 0.258 e. The van der Waals surface area contributed by atoms with Crippen LogP contribution in [0.4, 0.5) is 0 Å². The van der Waals surface area contributed by atoms with Crippen LogP contribution in [0.15, 0.2) is 29.3 Å². The Morgan fingerprint density at radius 1 is 1.41 bits per heavy atom. The Morgan fingerprint density at radius 2 is 2.09 bits per heavy atom. The van der Waals surface area contributed by atoms with E-state index in [-0.39, 0.29) is 6.04 Å². The number of benzene rings is 1. The van der Waals surface area contributed by atoms with E-state index >= 15 is 0 Å². The molecule has 1 aliphatic rings. The van der Waals surface area contributed by atoms with Crippen LogP contribution in [0.1, 0.15) is 25.3 Å². The molecule has 6 heteroatoms. The van der Waals surface area contributed by atoms with E-state index in [0.717, 1.165) is 17.7 Å². The van der Waals surface area contributed by atoms with Crippen molar-refractivity contribution in [2.75, 3.05) is 13.1 Å². The third-order valence-corrected chi connectivity index (χ3v) is 3.79. The van der Waals surface area contributed by atoms with Gasteiger partial charge < -0.3 is 21.9 Å². The summed E-state index contributed by atoms with van der Waals surface area (Å²) in [6.07, 6.45) is 0.649. The number of hydrogen-bond acceptors (Lipinski definition) is 5. The predicted octanol–water partition coefficient (Wildman–Crippen LogP) is 0.424. The summed E-state index contributed by atoms with van der Waals surface area (Å²) >= 11 is 0. The summed E-state index contributed by atoms with van der Waals surface area (Å²) in [6.45, 7) is 3.14. The Morgan fingerprint density at radius 3 is 2.64 bits per heavy atom. The molecule has 120 valence electrons. The number of ether oxygens (including phenoxy) is 1. The molecule has 0 fully saturated rings. The number of nitrogens with two attached hydrogens (primary N) is 3. The Labute approximate surface area is 130 Å². The van der Waals surface area contributed by atoms with Gasteiger partial charge in [-0.1, -0.05) is 6.92 Å². The average molecular weight is 304 g/mol. The van der Waals surface area contributed by atoms with E-state index in [4.69, 9.17) is 21.9 Å². The van der Waals surface area contributed by atoms with E-state index in [1.165, 1.54) is 0 Å². The van der Waals surface area contributed by atoms with Crippen molar-refractivity contribution in [2.24, 2.45) is 28.1 Å². The number of aliphatic imine (C=N–C) groups is 1. The molecule has 6 N–H and O–H groups in total. The first-order chi connectivity index (χ1) is 10.5. The van der Waals surface area contributed by atoms with E-state index in [0.29, 0.717) is 31.2 Å². The SMILES string of the molecule is CC1CC(N)CN=C1c1ccc(OC(CCN)C(N)=O)cc1. The zero-order valence-corrected chi connectivity index (χ0v) is 12.9. The quantitative estimate of drug-likeness (QED) is 0.706. The normalized spacial score (nSPS) is 22.8. The number of carbonyl (C=O) groups is 1. The minimum Gasteiger partial charge on any atom is -0.481 e. The van der Waals surface area contributed by atoms with Crippen LogP contribution in [-0.4, -0.2) is 36.9 Å². The summed E-state index contributed by atoms with van der Waals surface area (Å²) < 4.78 is 5.59. The summed E-state index contributed by atoms with van der Waals surface area (Å²) in [5, 5.41) is 0. The predicted molar refractivity (Wildman–Crippen MR) is 86.9 cm³/mol. The van der Waals surface area contributed by atoms with Gasteiger partial charge in [0, 0.05) is 24.1 Å². The molecule has 1 aliphatic heterocycles. The summed E-state index contributed by atoms with van der Waals surface area (Å²) in [4.78, 5) is 15.9. The number of amides is 1. The number of hydrogen-bond donors (Lipinski definition) is 3. The largest absolute Gasteiger partial charge is 0.481 e. The number of rotatable bonds is 6. The first-order valence-electron chi connectivity index (χ1n) is 7.57. The van der Waals surface area contributed by atoms with Crippen LogP contribution >= 0.6 is 0 Å². The second kappa shape index (κ2) is 7.38. The highest BCUT2D eigenvalue weighted by molar-refractivity contribution is 6.02. The summed E-state index contributed by atoms with van der Waals surface area (Å²) in [6, 6.07) is 7.69. The van der Waals surface area contributed by atoms with Gasteiger partial charge in [-0.25, -0.2) is 0 Å². The molecule has 0 saturated heterocycles. The molecule has 22 heavy (non-hydrogen) atoms. The lowest BCUT2D eigenvalue weighted by atomic mass is 9.90. The number of nitrogens with zero attached hydrogens (tertiary/aromatic N) is 1.